The Labute approximate surface area is 158 Å². The van der Waals surface area contributed by atoms with Crippen molar-refractivity contribution in [3.63, 3.8) is 0 Å². The Morgan fingerprint density at radius 2 is 1.85 bits per heavy atom. The standard InChI is InChI=1S/C18H15N3O5S/c22-16(21-23)12-3-1-11(2-4-12)10-27-18-20-19-17(26-18)13-5-6-14-15(9-13)25-8-7-24-14/h1-6,9,23H,7-8,10H2,(H,21,22). The fraction of sp³-hybridized carbons (Fsp3) is 0.167. The molecule has 0 aliphatic carbocycles. The van der Waals surface area contributed by atoms with Crippen molar-refractivity contribution in [2.24, 2.45) is 0 Å². The molecule has 0 atom stereocenters. The normalized spacial score (nSPS) is 12.6. The Morgan fingerprint density at radius 3 is 2.63 bits per heavy atom. The van der Waals surface area contributed by atoms with Gasteiger partial charge in [0.25, 0.3) is 11.1 Å². The minimum Gasteiger partial charge on any atom is -0.486 e. The lowest BCUT2D eigenvalue weighted by molar-refractivity contribution is 0.0706. The van der Waals surface area contributed by atoms with Crippen LogP contribution in [0.5, 0.6) is 11.5 Å². The number of hydrogen-bond acceptors (Lipinski definition) is 8. The Kier molecular flexibility index (Phi) is 4.95. The summed E-state index contributed by atoms with van der Waals surface area (Å²) in [5.41, 5.74) is 3.72. The maximum atomic E-state index is 11.3. The van der Waals surface area contributed by atoms with Crippen molar-refractivity contribution < 1.29 is 23.9 Å². The van der Waals surface area contributed by atoms with E-state index in [2.05, 4.69) is 10.2 Å². The van der Waals surface area contributed by atoms with Gasteiger partial charge in [-0.05, 0) is 35.9 Å². The number of carbonyl (C=O) groups is 1. The van der Waals surface area contributed by atoms with Gasteiger partial charge in [-0.15, -0.1) is 10.2 Å². The van der Waals surface area contributed by atoms with E-state index in [1.165, 1.54) is 11.8 Å². The van der Waals surface area contributed by atoms with Gasteiger partial charge in [-0.25, -0.2) is 5.48 Å². The Balaban J connectivity index is 1.42. The van der Waals surface area contributed by atoms with E-state index in [1.807, 2.05) is 18.2 Å². The van der Waals surface area contributed by atoms with Crippen LogP contribution >= 0.6 is 11.8 Å². The molecule has 0 saturated carbocycles. The van der Waals surface area contributed by atoms with E-state index in [4.69, 9.17) is 19.1 Å². The highest BCUT2D eigenvalue weighted by atomic mass is 32.2. The average Bonchev–Trinajstić information content (AvgIpc) is 3.21. The maximum Gasteiger partial charge on any atom is 0.277 e. The highest BCUT2D eigenvalue weighted by Gasteiger charge is 2.16. The summed E-state index contributed by atoms with van der Waals surface area (Å²) in [6, 6.07) is 12.4. The Morgan fingerprint density at radius 1 is 1.07 bits per heavy atom. The van der Waals surface area contributed by atoms with Crippen LogP contribution in [0, 0.1) is 0 Å². The molecule has 8 nitrogen and oxygen atoms in total. The third-order valence-corrected chi connectivity index (χ3v) is 4.77. The molecular formula is C18H15N3O5S. The second-order valence-corrected chi connectivity index (χ2v) is 6.58. The zero-order valence-electron chi connectivity index (χ0n) is 14.0. The highest BCUT2D eigenvalue weighted by Crippen LogP contribution is 2.35. The summed E-state index contributed by atoms with van der Waals surface area (Å²) in [5, 5.41) is 17.2. The van der Waals surface area contributed by atoms with Gasteiger partial charge in [-0.1, -0.05) is 23.9 Å². The van der Waals surface area contributed by atoms with E-state index < -0.39 is 5.91 Å². The number of benzene rings is 2. The number of fused-ring (bicyclic) bond motifs is 1. The lowest BCUT2D eigenvalue weighted by atomic mass is 10.1. The minimum absolute atomic E-state index is 0.380. The summed E-state index contributed by atoms with van der Waals surface area (Å²) in [4.78, 5) is 11.3. The van der Waals surface area contributed by atoms with Crippen LogP contribution < -0.4 is 15.0 Å². The number of hydroxylamine groups is 1. The molecule has 3 aromatic rings. The van der Waals surface area contributed by atoms with Gasteiger partial charge in [0, 0.05) is 16.9 Å². The third-order valence-electron chi connectivity index (χ3n) is 3.88. The smallest absolute Gasteiger partial charge is 0.277 e. The summed E-state index contributed by atoms with van der Waals surface area (Å²) < 4.78 is 16.8. The van der Waals surface area contributed by atoms with E-state index in [9.17, 15) is 4.79 Å². The molecule has 2 N–H and O–H groups in total. The van der Waals surface area contributed by atoms with Crippen LogP contribution in [0.1, 0.15) is 15.9 Å². The molecular weight excluding hydrogens is 370 g/mol. The number of amides is 1. The van der Waals surface area contributed by atoms with Crippen molar-refractivity contribution in [1.82, 2.24) is 15.7 Å². The van der Waals surface area contributed by atoms with Gasteiger partial charge in [0.1, 0.15) is 13.2 Å². The summed E-state index contributed by atoms with van der Waals surface area (Å²) in [6.45, 7) is 1.06. The van der Waals surface area contributed by atoms with E-state index in [-0.39, 0.29) is 0 Å². The van der Waals surface area contributed by atoms with Crippen molar-refractivity contribution in [3.8, 4) is 23.0 Å². The second kappa shape index (κ2) is 7.68. The number of rotatable bonds is 5. The van der Waals surface area contributed by atoms with E-state index in [0.29, 0.717) is 47.1 Å². The zero-order valence-corrected chi connectivity index (χ0v) is 14.9. The Hall–Kier alpha value is -3.04. The fourth-order valence-corrected chi connectivity index (χ4v) is 3.24. The molecule has 1 aliphatic heterocycles. The predicted octanol–water partition coefficient (Wildman–Crippen LogP) is 2.92. The third kappa shape index (κ3) is 3.88. The molecule has 1 aromatic heterocycles. The minimum atomic E-state index is -0.546. The average molecular weight is 385 g/mol. The van der Waals surface area contributed by atoms with Crippen molar-refractivity contribution in [1.29, 1.82) is 0 Å². The number of hydrogen-bond donors (Lipinski definition) is 2. The number of carbonyl (C=O) groups excluding carboxylic acids is 1. The molecule has 9 heteroatoms. The van der Waals surface area contributed by atoms with Crippen molar-refractivity contribution in [3.05, 3.63) is 53.6 Å². The van der Waals surface area contributed by atoms with Crippen molar-refractivity contribution >= 4 is 17.7 Å². The van der Waals surface area contributed by atoms with E-state index in [0.717, 1.165) is 11.1 Å². The molecule has 0 spiro atoms. The lowest BCUT2D eigenvalue weighted by Crippen LogP contribution is -2.18. The highest BCUT2D eigenvalue weighted by molar-refractivity contribution is 7.98. The summed E-state index contributed by atoms with van der Waals surface area (Å²) in [7, 11) is 0. The lowest BCUT2D eigenvalue weighted by Gasteiger charge is -2.18. The van der Waals surface area contributed by atoms with Gasteiger partial charge in [-0.3, -0.25) is 10.0 Å². The first-order chi connectivity index (χ1) is 13.2. The van der Waals surface area contributed by atoms with Crippen LogP contribution in [-0.4, -0.2) is 34.5 Å². The SMILES string of the molecule is O=C(NO)c1ccc(CSc2nnc(-c3ccc4c(c3)OCCO4)o2)cc1. The molecule has 0 unspecified atom stereocenters. The molecule has 1 aliphatic rings. The molecule has 1 amide bonds. The van der Waals surface area contributed by atoms with Gasteiger partial charge >= 0.3 is 0 Å². The van der Waals surface area contributed by atoms with E-state index in [1.54, 1.807) is 29.7 Å². The first kappa shape index (κ1) is 17.4. The largest absolute Gasteiger partial charge is 0.486 e. The Bertz CT molecular complexity index is 958. The number of nitrogens with zero attached hydrogens (tertiary/aromatic N) is 2. The number of aromatic nitrogens is 2. The quantitative estimate of drug-likeness (QED) is 0.392. The number of thioether (sulfide) groups is 1. The summed E-state index contributed by atoms with van der Waals surface area (Å²) in [6.07, 6.45) is 0. The van der Waals surface area contributed by atoms with Crippen LogP contribution in [-0.2, 0) is 5.75 Å². The van der Waals surface area contributed by atoms with Crippen molar-refractivity contribution in [2.45, 2.75) is 11.0 Å². The topological polar surface area (TPSA) is 107 Å². The van der Waals surface area contributed by atoms with Gasteiger partial charge in [0.05, 0.1) is 0 Å². The summed E-state index contributed by atoms with van der Waals surface area (Å²) in [5.74, 6) is 1.83. The molecule has 2 aromatic carbocycles. The fourth-order valence-electron chi connectivity index (χ4n) is 2.52. The van der Waals surface area contributed by atoms with Gasteiger partial charge in [0.15, 0.2) is 11.5 Å². The maximum absolute atomic E-state index is 11.3. The van der Waals surface area contributed by atoms with Gasteiger partial charge < -0.3 is 13.9 Å². The van der Waals surface area contributed by atoms with Crippen LogP contribution in [0.25, 0.3) is 11.5 Å². The van der Waals surface area contributed by atoms with Crippen LogP contribution in [0.4, 0.5) is 0 Å². The first-order valence-electron chi connectivity index (χ1n) is 8.12. The van der Waals surface area contributed by atoms with Crippen LogP contribution in [0.3, 0.4) is 0 Å². The molecule has 0 saturated heterocycles. The molecule has 0 bridgehead atoms. The number of ether oxygens (including phenoxy) is 2. The molecule has 0 fully saturated rings. The predicted molar refractivity (Wildman–Crippen MR) is 96.0 cm³/mol. The molecule has 138 valence electrons. The summed E-state index contributed by atoms with van der Waals surface area (Å²) >= 11 is 1.39. The zero-order chi connectivity index (χ0) is 18.6. The molecule has 4 rings (SSSR count). The van der Waals surface area contributed by atoms with Gasteiger partial charge in [-0.2, -0.15) is 0 Å². The molecule has 2 heterocycles. The van der Waals surface area contributed by atoms with Gasteiger partial charge in [0.2, 0.25) is 5.89 Å². The first-order valence-corrected chi connectivity index (χ1v) is 9.11. The molecule has 27 heavy (non-hydrogen) atoms. The van der Waals surface area contributed by atoms with Crippen molar-refractivity contribution in [2.75, 3.05) is 13.2 Å². The number of nitrogens with one attached hydrogen (secondary N) is 1. The monoisotopic (exact) mass is 385 g/mol. The molecule has 0 radical (unpaired) electrons. The van der Waals surface area contributed by atoms with Crippen LogP contribution in [0.15, 0.2) is 52.1 Å². The van der Waals surface area contributed by atoms with E-state index >= 15 is 0 Å². The second-order valence-electron chi connectivity index (χ2n) is 5.66. The van der Waals surface area contributed by atoms with Crippen LogP contribution in [0.2, 0.25) is 0 Å².